The van der Waals surface area contributed by atoms with Gasteiger partial charge in [-0.15, -0.1) is 0 Å². The van der Waals surface area contributed by atoms with E-state index in [0.717, 1.165) is 43.1 Å². The lowest BCUT2D eigenvalue weighted by Crippen LogP contribution is -2.51. The Labute approximate surface area is 205 Å². The molecule has 4 rings (SSSR count). The predicted octanol–water partition coefficient (Wildman–Crippen LogP) is 3.60. The van der Waals surface area contributed by atoms with E-state index < -0.39 is 6.04 Å². The summed E-state index contributed by atoms with van der Waals surface area (Å²) < 4.78 is 0. The fraction of sp³-hybridized carbons (Fsp3) is 0.423. The van der Waals surface area contributed by atoms with Crippen LogP contribution < -0.4 is 10.6 Å². The highest BCUT2D eigenvalue weighted by Gasteiger charge is 2.41. The molecule has 2 heterocycles. The summed E-state index contributed by atoms with van der Waals surface area (Å²) in [7, 11) is 1.57. The highest BCUT2D eigenvalue weighted by atomic mass is 35.5. The molecular formula is C26H31ClN4O3. The van der Waals surface area contributed by atoms with Gasteiger partial charge >= 0.3 is 0 Å². The first-order valence-corrected chi connectivity index (χ1v) is 12.1. The van der Waals surface area contributed by atoms with Gasteiger partial charge in [-0.3, -0.25) is 19.3 Å². The lowest BCUT2D eigenvalue weighted by atomic mass is 10.0. The van der Waals surface area contributed by atoms with E-state index in [0.29, 0.717) is 24.1 Å². The molecule has 0 aromatic heterocycles. The number of nitrogens with one attached hydrogen (secondary N) is 2. The quantitative estimate of drug-likeness (QED) is 0.659. The number of nitrogens with zero attached hydrogens (tertiary/aromatic N) is 2. The molecule has 7 nitrogen and oxygen atoms in total. The maximum absolute atomic E-state index is 13.1. The van der Waals surface area contributed by atoms with Gasteiger partial charge in [-0.25, -0.2) is 0 Å². The Kier molecular flexibility index (Phi) is 7.54. The maximum Gasteiger partial charge on any atom is 0.251 e. The van der Waals surface area contributed by atoms with E-state index in [1.54, 1.807) is 31.3 Å². The first-order chi connectivity index (χ1) is 16.4. The molecule has 2 aliphatic heterocycles. The lowest BCUT2D eigenvalue weighted by molar-refractivity contribution is -0.136. The fourth-order valence-corrected chi connectivity index (χ4v) is 5.06. The Morgan fingerprint density at radius 3 is 2.56 bits per heavy atom. The molecule has 2 saturated heterocycles. The number of amides is 3. The molecule has 34 heavy (non-hydrogen) atoms. The van der Waals surface area contributed by atoms with Crippen LogP contribution in [0.2, 0.25) is 5.02 Å². The van der Waals surface area contributed by atoms with Crippen LogP contribution in [0.25, 0.3) is 0 Å². The monoisotopic (exact) mass is 482 g/mol. The van der Waals surface area contributed by atoms with E-state index in [4.69, 9.17) is 11.6 Å². The van der Waals surface area contributed by atoms with Crippen molar-refractivity contribution in [1.82, 2.24) is 15.1 Å². The van der Waals surface area contributed by atoms with Gasteiger partial charge < -0.3 is 15.5 Å². The number of rotatable bonds is 6. The molecule has 2 fully saturated rings. The largest absolute Gasteiger partial charge is 0.355 e. The summed E-state index contributed by atoms with van der Waals surface area (Å²) in [5.74, 6) is -0.362. The van der Waals surface area contributed by atoms with Crippen molar-refractivity contribution in [2.75, 3.05) is 25.5 Å². The molecule has 1 unspecified atom stereocenters. The second-order valence-corrected chi connectivity index (χ2v) is 9.50. The summed E-state index contributed by atoms with van der Waals surface area (Å²) in [6, 6.07) is 12.5. The average Bonchev–Trinajstić information content (AvgIpc) is 3.23. The van der Waals surface area contributed by atoms with Gasteiger partial charge in [0.15, 0.2) is 0 Å². The van der Waals surface area contributed by atoms with Crippen LogP contribution in [0.3, 0.4) is 0 Å². The van der Waals surface area contributed by atoms with Crippen LogP contribution >= 0.6 is 11.6 Å². The van der Waals surface area contributed by atoms with Crippen LogP contribution in [0.5, 0.6) is 0 Å². The van der Waals surface area contributed by atoms with E-state index in [1.165, 1.54) is 5.56 Å². The normalized spacial score (nSPS) is 19.3. The summed E-state index contributed by atoms with van der Waals surface area (Å²) >= 11 is 6.15. The van der Waals surface area contributed by atoms with Crippen molar-refractivity contribution in [2.45, 2.75) is 51.2 Å². The predicted molar refractivity (Wildman–Crippen MR) is 133 cm³/mol. The third kappa shape index (κ3) is 5.42. The zero-order valence-corrected chi connectivity index (χ0v) is 20.4. The van der Waals surface area contributed by atoms with Gasteiger partial charge in [-0.2, -0.15) is 0 Å². The number of carbonyl (C=O) groups excluding carboxylic acids is 3. The molecule has 0 spiro atoms. The second kappa shape index (κ2) is 10.6. The first kappa shape index (κ1) is 24.2. The molecule has 8 heteroatoms. The van der Waals surface area contributed by atoms with E-state index in [2.05, 4.69) is 27.7 Å². The van der Waals surface area contributed by atoms with E-state index in [-0.39, 0.29) is 23.8 Å². The zero-order valence-electron chi connectivity index (χ0n) is 19.6. The highest BCUT2D eigenvalue weighted by Crippen LogP contribution is 2.29. The third-order valence-electron chi connectivity index (χ3n) is 6.76. The standard InChI is InChI=1S/C26H31ClN4O3/c1-17-14-18(6-7-22(17)27)16-30-12-10-21(11-13-30)31-23(8-9-24(31)32)26(34)29-20-5-3-4-19(15-20)25(33)28-2/h3-7,14-15,21,23H,8-13,16H2,1-2H3,(H,28,33)(H,29,34). The fourth-order valence-electron chi connectivity index (χ4n) is 4.94. The van der Waals surface area contributed by atoms with Gasteiger partial charge in [0.25, 0.3) is 5.91 Å². The number of carbonyl (C=O) groups is 3. The number of likely N-dealkylation sites (tertiary alicyclic amines) is 2. The molecule has 1 atom stereocenters. The molecular weight excluding hydrogens is 452 g/mol. The van der Waals surface area contributed by atoms with Crippen molar-refractivity contribution in [1.29, 1.82) is 0 Å². The van der Waals surface area contributed by atoms with Crippen molar-refractivity contribution in [2.24, 2.45) is 0 Å². The molecule has 0 aliphatic carbocycles. The molecule has 2 aromatic rings. The minimum Gasteiger partial charge on any atom is -0.355 e. The summed E-state index contributed by atoms with van der Waals surface area (Å²) in [4.78, 5) is 41.9. The second-order valence-electron chi connectivity index (χ2n) is 9.10. The molecule has 2 aromatic carbocycles. The zero-order chi connectivity index (χ0) is 24.2. The van der Waals surface area contributed by atoms with Crippen molar-refractivity contribution in [3.63, 3.8) is 0 Å². The van der Waals surface area contributed by atoms with Gasteiger partial charge in [0.1, 0.15) is 6.04 Å². The summed E-state index contributed by atoms with van der Waals surface area (Å²) in [5, 5.41) is 6.27. The number of aryl methyl sites for hydroxylation is 1. The number of piperidine rings is 1. The van der Waals surface area contributed by atoms with Crippen LogP contribution in [0, 0.1) is 6.92 Å². The smallest absolute Gasteiger partial charge is 0.251 e. The maximum atomic E-state index is 13.1. The SMILES string of the molecule is CNC(=O)c1cccc(NC(=O)C2CCC(=O)N2C2CCN(Cc3ccc(Cl)c(C)c3)CC2)c1. The Balaban J connectivity index is 1.37. The number of halogens is 1. The summed E-state index contributed by atoms with van der Waals surface area (Å²) in [5.41, 5.74) is 3.33. The topological polar surface area (TPSA) is 81.8 Å². The first-order valence-electron chi connectivity index (χ1n) is 11.8. The number of hydrogen-bond acceptors (Lipinski definition) is 4. The van der Waals surface area contributed by atoms with E-state index in [1.807, 2.05) is 17.9 Å². The Morgan fingerprint density at radius 1 is 1.09 bits per heavy atom. The van der Waals surface area contributed by atoms with Crippen LogP contribution in [0.4, 0.5) is 5.69 Å². The van der Waals surface area contributed by atoms with Gasteiger partial charge in [-0.05, 0) is 61.6 Å². The van der Waals surface area contributed by atoms with Crippen molar-refractivity contribution in [3.05, 3.63) is 64.2 Å². The Bertz CT molecular complexity index is 1080. The molecule has 0 bridgehead atoms. The number of benzene rings is 2. The van der Waals surface area contributed by atoms with Gasteiger partial charge in [0, 0.05) is 55.4 Å². The number of anilines is 1. The van der Waals surface area contributed by atoms with E-state index in [9.17, 15) is 14.4 Å². The van der Waals surface area contributed by atoms with Crippen molar-refractivity contribution < 1.29 is 14.4 Å². The van der Waals surface area contributed by atoms with Crippen LogP contribution in [-0.4, -0.2) is 59.7 Å². The molecule has 0 radical (unpaired) electrons. The van der Waals surface area contributed by atoms with Gasteiger partial charge in [0.05, 0.1) is 0 Å². The van der Waals surface area contributed by atoms with Crippen LogP contribution in [-0.2, 0) is 16.1 Å². The lowest BCUT2D eigenvalue weighted by Gasteiger charge is -2.39. The summed E-state index contributed by atoms with van der Waals surface area (Å²) in [6.45, 7) is 4.61. The minimum absolute atomic E-state index is 0.0473. The number of hydrogen-bond donors (Lipinski definition) is 2. The molecule has 0 saturated carbocycles. The molecule has 2 N–H and O–H groups in total. The van der Waals surface area contributed by atoms with E-state index >= 15 is 0 Å². The molecule has 3 amide bonds. The van der Waals surface area contributed by atoms with Crippen molar-refractivity contribution in [3.8, 4) is 0 Å². The summed E-state index contributed by atoms with van der Waals surface area (Å²) in [6.07, 6.45) is 2.59. The minimum atomic E-state index is -0.480. The Morgan fingerprint density at radius 2 is 1.85 bits per heavy atom. The molecule has 180 valence electrons. The average molecular weight is 483 g/mol. The highest BCUT2D eigenvalue weighted by molar-refractivity contribution is 6.31. The van der Waals surface area contributed by atoms with Gasteiger partial charge in [0.2, 0.25) is 11.8 Å². The van der Waals surface area contributed by atoms with Gasteiger partial charge in [-0.1, -0.05) is 29.8 Å². The van der Waals surface area contributed by atoms with Crippen LogP contribution in [0.1, 0.15) is 47.2 Å². The molecule has 2 aliphatic rings. The van der Waals surface area contributed by atoms with Crippen LogP contribution in [0.15, 0.2) is 42.5 Å². The van der Waals surface area contributed by atoms with Crippen molar-refractivity contribution >= 4 is 35.0 Å². The Hall–Kier alpha value is -2.90. The third-order valence-corrected chi connectivity index (χ3v) is 7.18.